The second kappa shape index (κ2) is 6.51. The van der Waals surface area contributed by atoms with E-state index < -0.39 is 0 Å². The lowest BCUT2D eigenvalue weighted by Crippen LogP contribution is -2.34. The highest BCUT2D eigenvalue weighted by atomic mass is 35.5. The van der Waals surface area contributed by atoms with E-state index in [0.717, 1.165) is 22.9 Å². The Morgan fingerprint density at radius 3 is 2.95 bits per heavy atom. The Balaban J connectivity index is 1.65. The van der Waals surface area contributed by atoms with Gasteiger partial charge in [0, 0.05) is 16.7 Å². The maximum Gasteiger partial charge on any atom is 0.230 e. The molecule has 2 nitrogen and oxygen atoms in total. The highest BCUT2D eigenvalue weighted by Crippen LogP contribution is 2.36. The fourth-order valence-electron chi connectivity index (χ4n) is 2.50. The van der Waals surface area contributed by atoms with Crippen molar-refractivity contribution in [3.05, 3.63) is 21.3 Å². The minimum atomic E-state index is 0.162. The van der Waals surface area contributed by atoms with Crippen molar-refractivity contribution in [2.45, 2.75) is 44.9 Å². The van der Waals surface area contributed by atoms with Gasteiger partial charge in [-0.3, -0.25) is 4.79 Å². The normalized spacial score (nSPS) is 21.5. The smallest absolute Gasteiger partial charge is 0.230 e. The highest BCUT2D eigenvalue weighted by molar-refractivity contribution is 7.99. The Kier molecular flexibility index (Phi) is 5.21. The lowest BCUT2D eigenvalue weighted by molar-refractivity contribution is -0.119. The molecule has 1 aromatic heterocycles. The summed E-state index contributed by atoms with van der Waals surface area (Å²) in [5.74, 6) is 1.56. The molecule has 1 heterocycles. The summed E-state index contributed by atoms with van der Waals surface area (Å²) < 4.78 is 0.813. The summed E-state index contributed by atoms with van der Waals surface area (Å²) in [6.07, 6.45) is 3.42. The number of nitrogens with one attached hydrogen (secondary N) is 1. The van der Waals surface area contributed by atoms with Crippen LogP contribution in [0.1, 0.15) is 38.0 Å². The number of hydrogen-bond acceptors (Lipinski definition) is 3. The fraction of sp³-hybridized carbons (Fsp3) is 0.643. The van der Waals surface area contributed by atoms with Crippen LogP contribution in [0.4, 0.5) is 0 Å². The Hall–Kier alpha value is -0.190. The van der Waals surface area contributed by atoms with Gasteiger partial charge in [0.2, 0.25) is 5.91 Å². The third-order valence-electron chi connectivity index (χ3n) is 3.44. The molecule has 0 aromatic carbocycles. The van der Waals surface area contributed by atoms with E-state index in [1.807, 2.05) is 12.1 Å². The number of carbonyl (C=O) groups is 1. The molecule has 0 saturated heterocycles. The van der Waals surface area contributed by atoms with Gasteiger partial charge in [-0.2, -0.15) is 0 Å². The summed E-state index contributed by atoms with van der Waals surface area (Å²) in [4.78, 5) is 13.1. The van der Waals surface area contributed by atoms with E-state index in [4.69, 9.17) is 11.6 Å². The molecule has 5 heteroatoms. The van der Waals surface area contributed by atoms with E-state index >= 15 is 0 Å². The molecule has 0 aliphatic heterocycles. The number of rotatable bonds is 5. The molecule has 1 N–H and O–H groups in total. The first-order chi connectivity index (χ1) is 8.94. The molecule has 1 saturated carbocycles. The summed E-state index contributed by atoms with van der Waals surface area (Å²) in [6.45, 7) is 4.54. The summed E-state index contributed by atoms with van der Waals surface area (Å²) in [7, 11) is 0. The van der Waals surface area contributed by atoms with Crippen molar-refractivity contribution in [2.75, 3.05) is 5.75 Å². The van der Waals surface area contributed by atoms with Crippen LogP contribution in [-0.2, 0) is 10.5 Å². The van der Waals surface area contributed by atoms with Gasteiger partial charge in [0.15, 0.2) is 0 Å². The van der Waals surface area contributed by atoms with E-state index in [1.54, 1.807) is 23.1 Å². The average Bonchev–Trinajstić information content (AvgIpc) is 2.85. The van der Waals surface area contributed by atoms with Gasteiger partial charge in [-0.25, -0.2) is 0 Å². The van der Waals surface area contributed by atoms with Crippen LogP contribution in [0.3, 0.4) is 0 Å². The molecule has 0 spiro atoms. The Morgan fingerprint density at radius 2 is 2.37 bits per heavy atom. The highest BCUT2D eigenvalue weighted by Gasteiger charge is 2.31. The largest absolute Gasteiger partial charge is 0.353 e. The molecule has 1 aliphatic carbocycles. The molecule has 1 atom stereocenters. The molecule has 0 radical (unpaired) electrons. The summed E-state index contributed by atoms with van der Waals surface area (Å²) in [5, 5.41) is 3.14. The van der Waals surface area contributed by atoms with E-state index in [9.17, 15) is 4.79 Å². The van der Waals surface area contributed by atoms with Crippen LogP contribution in [0.2, 0.25) is 4.34 Å². The zero-order valence-corrected chi connectivity index (χ0v) is 13.8. The lowest BCUT2D eigenvalue weighted by atomic mass is 9.92. The first-order valence-corrected chi connectivity index (χ1v) is 8.91. The monoisotopic (exact) mass is 317 g/mol. The molecule has 1 aromatic rings. The molecular weight excluding hydrogens is 298 g/mol. The Labute approximate surface area is 128 Å². The molecule has 2 rings (SSSR count). The van der Waals surface area contributed by atoms with Crippen molar-refractivity contribution in [1.29, 1.82) is 0 Å². The Morgan fingerprint density at radius 1 is 1.58 bits per heavy atom. The van der Waals surface area contributed by atoms with Crippen LogP contribution in [0.5, 0.6) is 0 Å². The zero-order chi connectivity index (χ0) is 13.9. The molecule has 1 unspecified atom stereocenters. The van der Waals surface area contributed by atoms with E-state index in [2.05, 4.69) is 19.2 Å². The molecular formula is C14H20ClNOS2. The first-order valence-electron chi connectivity index (χ1n) is 6.56. The molecule has 1 fully saturated rings. The number of thiophene rings is 1. The van der Waals surface area contributed by atoms with Crippen molar-refractivity contribution < 1.29 is 4.79 Å². The molecule has 0 bridgehead atoms. The quantitative estimate of drug-likeness (QED) is 0.875. The van der Waals surface area contributed by atoms with Gasteiger partial charge < -0.3 is 5.32 Å². The average molecular weight is 318 g/mol. The molecule has 106 valence electrons. The van der Waals surface area contributed by atoms with Gasteiger partial charge in [0.1, 0.15) is 0 Å². The van der Waals surface area contributed by atoms with Crippen molar-refractivity contribution in [2.24, 2.45) is 5.41 Å². The topological polar surface area (TPSA) is 29.1 Å². The minimum absolute atomic E-state index is 0.162. The SMILES string of the molecule is CC1(C)CCC(NC(=O)CSCc2ccc(Cl)s2)C1. The lowest BCUT2D eigenvalue weighted by Gasteiger charge is -2.17. The number of halogens is 1. The predicted octanol–water partition coefficient (Wildman–Crippen LogP) is 4.33. The van der Waals surface area contributed by atoms with Crippen molar-refractivity contribution in [3.63, 3.8) is 0 Å². The second-order valence-corrected chi connectivity index (χ2v) is 8.66. The molecule has 19 heavy (non-hydrogen) atoms. The summed E-state index contributed by atoms with van der Waals surface area (Å²) >= 11 is 9.11. The predicted molar refractivity (Wildman–Crippen MR) is 85.1 cm³/mol. The zero-order valence-electron chi connectivity index (χ0n) is 11.4. The minimum Gasteiger partial charge on any atom is -0.353 e. The fourth-order valence-corrected chi connectivity index (χ4v) is 4.54. The van der Waals surface area contributed by atoms with Crippen molar-refractivity contribution in [1.82, 2.24) is 5.32 Å². The second-order valence-electron chi connectivity index (χ2n) is 5.87. The molecule has 1 amide bonds. The van der Waals surface area contributed by atoms with E-state index in [-0.39, 0.29) is 5.91 Å². The molecule has 1 aliphatic rings. The van der Waals surface area contributed by atoms with E-state index in [0.29, 0.717) is 17.2 Å². The van der Waals surface area contributed by atoms with Gasteiger partial charge in [0.25, 0.3) is 0 Å². The van der Waals surface area contributed by atoms with Gasteiger partial charge in [-0.1, -0.05) is 25.4 Å². The van der Waals surface area contributed by atoms with Crippen LogP contribution in [0, 0.1) is 5.41 Å². The maximum absolute atomic E-state index is 11.9. The number of hydrogen-bond donors (Lipinski definition) is 1. The van der Waals surface area contributed by atoms with Crippen LogP contribution in [0.15, 0.2) is 12.1 Å². The van der Waals surface area contributed by atoms with Crippen LogP contribution in [-0.4, -0.2) is 17.7 Å². The third kappa shape index (κ3) is 5.01. The van der Waals surface area contributed by atoms with Crippen molar-refractivity contribution >= 4 is 40.6 Å². The number of amides is 1. The van der Waals surface area contributed by atoms with Crippen molar-refractivity contribution in [3.8, 4) is 0 Å². The van der Waals surface area contributed by atoms with Gasteiger partial charge >= 0.3 is 0 Å². The van der Waals surface area contributed by atoms with E-state index in [1.165, 1.54) is 11.3 Å². The van der Waals surface area contributed by atoms with Crippen LogP contribution >= 0.6 is 34.7 Å². The number of thioether (sulfide) groups is 1. The van der Waals surface area contributed by atoms with Crippen LogP contribution < -0.4 is 5.32 Å². The van der Waals surface area contributed by atoms with Gasteiger partial charge in [-0.05, 0) is 36.8 Å². The van der Waals surface area contributed by atoms with Crippen LogP contribution in [0.25, 0.3) is 0 Å². The van der Waals surface area contributed by atoms with Gasteiger partial charge in [-0.15, -0.1) is 23.1 Å². The Bertz CT molecular complexity index is 444. The van der Waals surface area contributed by atoms with Gasteiger partial charge in [0.05, 0.1) is 10.1 Å². The first kappa shape index (κ1) is 15.2. The maximum atomic E-state index is 11.9. The summed E-state index contributed by atoms with van der Waals surface area (Å²) in [6, 6.07) is 4.31. The third-order valence-corrected chi connectivity index (χ3v) is 5.84. The standard InChI is InChI=1S/C14H20ClNOS2/c1-14(2)6-5-10(7-14)16-13(17)9-18-8-11-3-4-12(15)19-11/h3-4,10H,5-9H2,1-2H3,(H,16,17). The number of carbonyl (C=O) groups excluding carboxylic acids is 1. The summed E-state index contributed by atoms with van der Waals surface area (Å²) in [5.41, 5.74) is 0.388.